The summed E-state index contributed by atoms with van der Waals surface area (Å²) in [6.45, 7) is 0. The Kier molecular flexibility index (Phi) is 6.00. The minimum atomic E-state index is -0.506. The van der Waals surface area contributed by atoms with Crippen LogP contribution in [0.5, 0.6) is 5.75 Å². The van der Waals surface area contributed by atoms with Crippen molar-refractivity contribution in [1.82, 2.24) is 0 Å². The van der Waals surface area contributed by atoms with Crippen LogP contribution >= 0.6 is 15.9 Å². The first kappa shape index (κ1) is 21.3. The third kappa shape index (κ3) is 4.52. The predicted molar refractivity (Wildman–Crippen MR) is 123 cm³/mol. The fraction of sp³-hybridized carbons (Fsp3) is 0.0435. The van der Waals surface area contributed by atoms with E-state index in [1.54, 1.807) is 42.5 Å². The number of nitrogens with one attached hydrogen (secondary N) is 1. The molecule has 160 valence electrons. The number of carbonyl (C=O) groups excluding carboxylic acids is 1. The molecule has 9 heteroatoms. The van der Waals surface area contributed by atoms with Gasteiger partial charge in [-0.25, -0.2) is 4.99 Å². The number of hydrogen-bond donors (Lipinski definition) is 1. The molecule has 1 amide bonds. The topological polar surface area (TPSA) is 107 Å². The molecule has 0 fully saturated rings. The van der Waals surface area contributed by atoms with Crippen molar-refractivity contribution in [3.8, 4) is 5.75 Å². The molecule has 8 nitrogen and oxygen atoms in total. The van der Waals surface area contributed by atoms with Gasteiger partial charge in [0.25, 0.3) is 11.6 Å². The summed E-state index contributed by atoms with van der Waals surface area (Å²) < 4.78 is 12.0. The number of methoxy groups -OCH3 is 1. The number of nitro benzene ring substituents is 1. The molecule has 0 unspecified atom stereocenters. The third-order valence-corrected chi connectivity index (χ3v) is 5.07. The molecule has 4 rings (SSSR count). The Bertz CT molecular complexity index is 1410. The van der Waals surface area contributed by atoms with Gasteiger partial charge in [0.1, 0.15) is 22.6 Å². The van der Waals surface area contributed by atoms with Gasteiger partial charge in [-0.05, 0) is 42.5 Å². The van der Waals surface area contributed by atoms with Gasteiger partial charge >= 0.3 is 0 Å². The van der Waals surface area contributed by atoms with Crippen LogP contribution in [0, 0.1) is 10.1 Å². The highest BCUT2D eigenvalue weighted by Crippen LogP contribution is 2.27. The van der Waals surface area contributed by atoms with Gasteiger partial charge in [-0.15, -0.1) is 0 Å². The van der Waals surface area contributed by atoms with Crippen molar-refractivity contribution in [3.63, 3.8) is 0 Å². The lowest BCUT2D eigenvalue weighted by atomic mass is 10.1. The van der Waals surface area contributed by atoms with Gasteiger partial charge in [-0.2, -0.15) is 0 Å². The Labute approximate surface area is 190 Å². The number of anilines is 1. The van der Waals surface area contributed by atoms with Gasteiger partial charge in [-0.3, -0.25) is 14.9 Å². The number of ether oxygens (including phenoxy) is 1. The molecule has 0 bridgehead atoms. The normalized spacial score (nSPS) is 11.4. The number of non-ortho nitro benzene ring substituents is 1. The van der Waals surface area contributed by atoms with Gasteiger partial charge in [0.15, 0.2) is 0 Å². The average molecular weight is 494 g/mol. The van der Waals surface area contributed by atoms with E-state index in [4.69, 9.17) is 9.15 Å². The van der Waals surface area contributed by atoms with Crippen molar-refractivity contribution < 1.29 is 18.9 Å². The molecule has 0 saturated heterocycles. The van der Waals surface area contributed by atoms with E-state index in [2.05, 4.69) is 26.2 Å². The maximum Gasteiger partial charge on any atom is 0.270 e. The molecule has 0 aliphatic carbocycles. The van der Waals surface area contributed by atoms with Gasteiger partial charge < -0.3 is 14.5 Å². The SMILES string of the molecule is COc1ccccc1N=c1oc2ccc([N+](=O)[O-])cc2cc1C(=O)Nc1cccc(Br)c1. The Hall–Kier alpha value is -3.98. The molecule has 0 aliphatic rings. The molecule has 32 heavy (non-hydrogen) atoms. The zero-order valence-corrected chi connectivity index (χ0v) is 18.3. The van der Waals surface area contributed by atoms with E-state index in [0.29, 0.717) is 28.1 Å². The average Bonchev–Trinajstić information content (AvgIpc) is 2.78. The van der Waals surface area contributed by atoms with Crippen LogP contribution in [0.15, 0.2) is 86.7 Å². The summed E-state index contributed by atoms with van der Waals surface area (Å²) in [5.74, 6) is 0.0266. The molecule has 0 spiro atoms. The fourth-order valence-corrected chi connectivity index (χ4v) is 3.47. The van der Waals surface area contributed by atoms with Crippen LogP contribution in [-0.4, -0.2) is 17.9 Å². The first-order valence-electron chi connectivity index (χ1n) is 9.41. The van der Waals surface area contributed by atoms with E-state index in [9.17, 15) is 14.9 Å². The number of benzene rings is 3. The summed E-state index contributed by atoms with van der Waals surface area (Å²) >= 11 is 3.37. The molecule has 0 radical (unpaired) electrons. The molecule has 0 aliphatic heterocycles. The van der Waals surface area contributed by atoms with E-state index in [1.165, 1.54) is 31.4 Å². The van der Waals surface area contributed by atoms with Crippen molar-refractivity contribution in [2.45, 2.75) is 0 Å². The Balaban J connectivity index is 1.90. The maximum absolute atomic E-state index is 13.1. The number of nitrogens with zero attached hydrogens (tertiary/aromatic N) is 2. The Morgan fingerprint density at radius 3 is 2.66 bits per heavy atom. The van der Waals surface area contributed by atoms with Crippen LogP contribution in [0.25, 0.3) is 11.0 Å². The van der Waals surface area contributed by atoms with Crippen LogP contribution in [0.3, 0.4) is 0 Å². The molecule has 0 saturated carbocycles. The molecular formula is C23H16BrN3O5. The van der Waals surface area contributed by atoms with Crippen molar-refractivity contribution in [1.29, 1.82) is 0 Å². The molecule has 0 atom stereocenters. The molecule has 3 aromatic carbocycles. The second-order valence-electron chi connectivity index (χ2n) is 6.69. The van der Waals surface area contributed by atoms with Crippen LogP contribution in [0.2, 0.25) is 0 Å². The molecule has 1 aromatic heterocycles. The zero-order valence-electron chi connectivity index (χ0n) is 16.7. The van der Waals surface area contributed by atoms with E-state index < -0.39 is 10.8 Å². The van der Waals surface area contributed by atoms with E-state index in [0.717, 1.165) is 4.47 Å². The van der Waals surface area contributed by atoms with Crippen LogP contribution < -0.4 is 15.6 Å². The third-order valence-electron chi connectivity index (χ3n) is 4.58. The molecule has 1 N–H and O–H groups in total. The van der Waals surface area contributed by atoms with E-state index in [-0.39, 0.29) is 16.8 Å². The van der Waals surface area contributed by atoms with Gasteiger partial charge in [0, 0.05) is 27.7 Å². The van der Waals surface area contributed by atoms with Crippen LogP contribution in [-0.2, 0) is 0 Å². The van der Waals surface area contributed by atoms with Crippen molar-refractivity contribution in [2.24, 2.45) is 4.99 Å². The zero-order chi connectivity index (χ0) is 22.7. The summed E-state index contributed by atoms with van der Waals surface area (Å²) in [6.07, 6.45) is 0. The lowest BCUT2D eigenvalue weighted by Crippen LogP contribution is -2.21. The number of nitro groups is 1. The summed E-state index contributed by atoms with van der Waals surface area (Å²) in [5.41, 5.74) is 1.43. The quantitative estimate of drug-likeness (QED) is 0.287. The highest BCUT2D eigenvalue weighted by Gasteiger charge is 2.16. The minimum absolute atomic E-state index is 0.0448. The lowest BCUT2D eigenvalue weighted by Gasteiger charge is -2.08. The minimum Gasteiger partial charge on any atom is -0.494 e. The van der Waals surface area contributed by atoms with Gasteiger partial charge in [-0.1, -0.05) is 34.1 Å². The van der Waals surface area contributed by atoms with Crippen LogP contribution in [0.1, 0.15) is 10.4 Å². The summed E-state index contributed by atoms with van der Waals surface area (Å²) in [7, 11) is 1.52. The predicted octanol–water partition coefficient (Wildman–Crippen LogP) is 5.60. The first-order chi connectivity index (χ1) is 15.4. The molecule has 4 aromatic rings. The van der Waals surface area contributed by atoms with Crippen molar-refractivity contribution in [3.05, 3.63) is 98.5 Å². The summed E-state index contributed by atoms with van der Waals surface area (Å²) in [5, 5.41) is 14.4. The highest BCUT2D eigenvalue weighted by molar-refractivity contribution is 9.10. The number of para-hydroxylation sites is 2. The number of rotatable bonds is 5. The standard InChI is InChI=1S/C23H16BrN3O5/c1-31-21-8-3-2-7-19(21)26-23-18(22(28)25-16-6-4-5-15(24)13-16)12-14-11-17(27(29)30)9-10-20(14)32-23/h2-13H,1H3,(H,25,28). The highest BCUT2D eigenvalue weighted by atomic mass is 79.9. The fourth-order valence-electron chi connectivity index (χ4n) is 3.07. The number of carbonyl (C=O) groups is 1. The number of fused-ring (bicyclic) bond motifs is 1. The summed E-state index contributed by atoms with van der Waals surface area (Å²) in [4.78, 5) is 28.3. The second kappa shape index (κ2) is 9.03. The van der Waals surface area contributed by atoms with Crippen molar-refractivity contribution in [2.75, 3.05) is 12.4 Å². The maximum atomic E-state index is 13.1. The van der Waals surface area contributed by atoms with Crippen LogP contribution in [0.4, 0.5) is 17.1 Å². The monoisotopic (exact) mass is 493 g/mol. The smallest absolute Gasteiger partial charge is 0.270 e. The second-order valence-corrected chi connectivity index (χ2v) is 7.61. The number of amides is 1. The number of halogens is 1. The van der Waals surface area contributed by atoms with Gasteiger partial charge in [0.2, 0.25) is 5.55 Å². The lowest BCUT2D eigenvalue weighted by molar-refractivity contribution is -0.384. The van der Waals surface area contributed by atoms with Gasteiger partial charge in [0.05, 0.1) is 12.0 Å². The molecule has 1 heterocycles. The van der Waals surface area contributed by atoms with E-state index in [1.807, 2.05) is 6.07 Å². The van der Waals surface area contributed by atoms with Crippen molar-refractivity contribution >= 4 is 49.9 Å². The Morgan fingerprint density at radius 1 is 1.09 bits per heavy atom. The number of hydrogen-bond acceptors (Lipinski definition) is 6. The largest absolute Gasteiger partial charge is 0.494 e. The summed E-state index contributed by atoms with van der Waals surface area (Å²) in [6, 6.07) is 19.8. The van der Waals surface area contributed by atoms with E-state index >= 15 is 0 Å². The Morgan fingerprint density at radius 2 is 1.91 bits per heavy atom. The first-order valence-corrected chi connectivity index (χ1v) is 10.2. The molecular weight excluding hydrogens is 478 g/mol.